The molecule has 0 aliphatic carbocycles. The minimum absolute atomic E-state index is 0.0458. The van der Waals surface area contributed by atoms with Crippen LogP contribution >= 0.6 is 0 Å². The van der Waals surface area contributed by atoms with E-state index in [1.807, 2.05) is 67.5 Å². The second-order valence-corrected chi connectivity index (χ2v) is 9.49. The van der Waals surface area contributed by atoms with E-state index < -0.39 is 0 Å². The first-order valence-electron chi connectivity index (χ1n) is 12.5. The van der Waals surface area contributed by atoms with Crippen molar-refractivity contribution in [2.24, 2.45) is 0 Å². The lowest BCUT2D eigenvalue weighted by atomic mass is 9.92. The number of urea groups is 1. The first-order chi connectivity index (χ1) is 18.0. The van der Waals surface area contributed by atoms with E-state index >= 15 is 0 Å². The minimum Gasteiger partial charge on any atom is -0.493 e. The summed E-state index contributed by atoms with van der Waals surface area (Å²) >= 11 is 0. The highest BCUT2D eigenvalue weighted by Gasteiger charge is 2.29. The molecule has 1 aliphatic heterocycles. The number of methoxy groups -OCH3 is 2. The summed E-state index contributed by atoms with van der Waals surface area (Å²) in [5, 5.41) is 4.10. The van der Waals surface area contributed by atoms with Crippen molar-refractivity contribution in [2.45, 2.75) is 32.4 Å². The van der Waals surface area contributed by atoms with Crippen molar-refractivity contribution < 1.29 is 14.3 Å². The number of carbonyl (C=O) groups is 1. The van der Waals surface area contributed by atoms with Crippen molar-refractivity contribution in [3.63, 3.8) is 0 Å². The Balaban J connectivity index is 1.55. The molecular formula is C30H32N4O3. The summed E-state index contributed by atoms with van der Waals surface area (Å²) in [6.07, 6.45) is 6.85. The zero-order valence-electron chi connectivity index (χ0n) is 21.6. The van der Waals surface area contributed by atoms with Crippen LogP contribution in [0.25, 0.3) is 27.7 Å². The Morgan fingerprint density at radius 1 is 1.05 bits per heavy atom. The van der Waals surface area contributed by atoms with Gasteiger partial charge in [-0.25, -0.2) is 9.78 Å². The van der Waals surface area contributed by atoms with Gasteiger partial charge in [0.15, 0.2) is 11.5 Å². The third-order valence-corrected chi connectivity index (χ3v) is 6.72. The van der Waals surface area contributed by atoms with Crippen LogP contribution in [-0.2, 0) is 0 Å². The Hall–Kier alpha value is -4.26. The van der Waals surface area contributed by atoms with Gasteiger partial charge in [-0.2, -0.15) is 0 Å². The van der Waals surface area contributed by atoms with Crippen LogP contribution in [0.2, 0.25) is 0 Å². The molecule has 37 heavy (non-hydrogen) atoms. The molecule has 2 aromatic carbocycles. The van der Waals surface area contributed by atoms with E-state index in [0.717, 1.165) is 39.7 Å². The van der Waals surface area contributed by atoms with Crippen molar-refractivity contribution in [3.8, 4) is 22.6 Å². The molecule has 7 nitrogen and oxygen atoms in total. The van der Waals surface area contributed by atoms with Gasteiger partial charge in [-0.3, -0.25) is 0 Å². The maximum absolute atomic E-state index is 13.0. The van der Waals surface area contributed by atoms with E-state index in [4.69, 9.17) is 14.5 Å². The summed E-state index contributed by atoms with van der Waals surface area (Å²) < 4.78 is 10.9. The van der Waals surface area contributed by atoms with Crippen molar-refractivity contribution >= 4 is 22.6 Å². The number of carbonyl (C=O) groups excluding carboxylic acids is 1. The number of hydrogen-bond acceptors (Lipinski definition) is 4. The van der Waals surface area contributed by atoms with Gasteiger partial charge in [0.25, 0.3) is 0 Å². The number of pyridine rings is 1. The van der Waals surface area contributed by atoms with Gasteiger partial charge in [-0.1, -0.05) is 42.5 Å². The van der Waals surface area contributed by atoms with Gasteiger partial charge in [-0.15, -0.1) is 0 Å². The summed E-state index contributed by atoms with van der Waals surface area (Å²) in [4.78, 5) is 23.0. The number of benzene rings is 2. The molecule has 1 aliphatic rings. The van der Waals surface area contributed by atoms with Crippen molar-refractivity contribution in [3.05, 3.63) is 84.2 Å². The van der Waals surface area contributed by atoms with Gasteiger partial charge in [0, 0.05) is 41.5 Å². The smallest absolute Gasteiger partial charge is 0.318 e. The monoisotopic (exact) mass is 496 g/mol. The Morgan fingerprint density at radius 3 is 2.57 bits per heavy atom. The molecule has 3 heterocycles. The molecular weight excluding hydrogens is 464 g/mol. The molecule has 0 bridgehead atoms. The summed E-state index contributed by atoms with van der Waals surface area (Å²) in [6, 6.07) is 18.1. The van der Waals surface area contributed by atoms with Gasteiger partial charge in [0.1, 0.15) is 5.65 Å². The first-order valence-corrected chi connectivity index (χ1v) is 12.5. The SMILES string of the molecule is COc1ccc(-c2cnc3[nH]cc(C4=CC(c5ccccc5)N(C(=O)NC(C)C)CC4)c3c2)cc1OC. The molecule has 0 spiro atoms. The molecule has 0 saturated heterocycles. The lowest BCUT2D eigenvalue weighted by Gasteiger charge is -2.35. The summed E-state index contributed by atoms with van der Waals surface area (Å²) in [6.45, 7) is 4.59. The highest BCUT2D eigenvalue weighted by molar-refractivity contribution is 5.94. The molecule has 4 aromatic rings. The fourth-order valence-electron chi connectivity index (χ4n) is 4.90. The number of amides is 2. The van der Waals surface area contributed by atoms with Crippen LogP contribution in [-0.4, -0.2) is 47.7 Å². The van der Waals surface area contributed by atoms with E-state index in [0.29, 0.717) is 18.0 Å². The van der Waals surface area contributed by atoms with Gasteiger partial charge < -0.3 is 24.7 Å². The average molecular weight is 497 g/mol. The minimum atomic E-state index is -0.157. The van der Waals surface area contributed by atoms with Crippen LogP contribution < -0.4 is 14.8 Å². The number of rotatable bonds is 6. The second-order valence-electron chi connectivity index (χ2n) is 9.49. The Labute approximate surface area is 217 Å². The zero-order chi connectivity index (χ0) is 25.9. The standard InChI is InChI=1S/C30H32N4O3/c1-19(2)33-30(35)34-13-12-22(15-26(34)20-8-6-5-7-9-20)25-18-32-29-24(25)14-23(17-31-29)21-10-11-27(36-3)28(16-21)37-4/h5-11,14-19,26H,12-13H2,1-4H3,(H,31,32)(H,33,35). The van der Waals surface area contributed by atoms with E-state index in [1.165, 1.54) is 5.57 Å². The number of fused-ring (bicyclic) bond motifs is 1. The van der Waals surface area contributed by atoms with E-state index in [9.17, 15) is 4.79 Å². The Bertz CT molecular complexity index is 1440. The van der Waals surface area contributed by atoms with Gasteiger partial charge in [0.2, 0.25) is 0 Å². The molecule has 2 amide bonds. The van der Waals surface area contributed by atoms with Crippen LogP contribution in [0.1, 0.15) is 37.4 Å². The van der Waals surface area contributed by atoms with Crippen molar-refractivity contribution in [1.29, 1.82) is 0 Å². The Morgan fingerprint density at radius 2 is 1.84 bits per heavy atom. The third kappa shape index (κ3) is 4.89. The van der Waals surface area contributed by atoms with Gasteiger partial charge >= 0.3 is 6.03 Å². The molecule has 7 heteroatoms. The van der Waals surface area contributed by atoms with Crippen LogP contribution in [0.4, 0.5) is 4.79 Å². The molecule has 0 saturated carbocycles. The lowest BCUT2D eigenvalue weighted by Crippen LogP contribution is -2.46. The van der Waals surface area contributed by atoms with Crippen molar-refractivity contribution in [1.82, 2.24) is 20.2 Å². The fraction of sp³-hybridized carbons (Fsp3) is 0.267. The molecule has 1 unspecified atom stereocenters. The van der Waals surface area contributed by atoms with Crippen molar-refractivity contribution in [2.75, 3.05) is 20.8 Å². The van der Waals surface area contributed by atoms with Crippen LogP contribution in [0.15, 0.2) is 73.1 Å². The maximum atomic E-state index is 13.0. The number of nitrogens with zero attached hydrogens (tertiary/aromatic N) is 2. The molecule has 2 N–H and O–H groups in total. The van der Waals surface area contributed by atoms with Gasteiger partial charge in [-0.05, 0) is 55.2 Å². The quantitative estimate of drug-likeness (QED) is 0.333. The predicted octanol–water partition coefficient (Wildman–Crippen LogP) is 6.20. The second kappa shape index (κ2) is 10.4. The molecule has 1 atom stereocenters. The van der Waals surface area contributed by atoms with Crippen LogP contribution in [0.5, 0.6) is 11.5 Å². The van der Waals surface area contributed by atoms with Crippen LogP contribution in [0.3, 0.4) is 0 Å². The number of nitrogens with one attached hydrogen (secondary N) is 2. The number of aromatic nitrogens is 2. The highest BCUT2D eigenvalue weighted by Crippen LogP contribution is 2.38. The largest absolute Gasteiger partial charge is 0.493 e. The Kier molecular flexibility index (Phi) is 6.86. The van der Waals surface area contributed by atoms with E-state index in [1.54, 1.807) is 14.2 Å². The van der Waals surface area contributed by atoms with Crippen LogP contribution in [0, 0.1) is 0 Å². The molecule has 2 aromatic heterocycles. The lowest BCUT2D eigenvalue weighted by molar-refractivity contribution is 0.182. The van der Waals surface area contributed by atoms with Gasteiger partial charge in [0.05, 0.1) is 20.3 Å². The third-order valence-electron chi connectivity index (χ3n) is 6.72. The molecule has 190 valence electrons. The summed E-state index contributed by atoms with van der Waals surface area (Å²) in [7, 11) is 3.27. The maximum Gasteiger partial charge on any atom is 0.318 e. The number of ether oxygens (including phenoxy) is 2. The normalized spacial score (nSPS) is 15.5. The molecule has 0 radical (unpaired) electrons. The number of hydrogen-bond donors (Lipinski definition) is 2. The average Bonchev–Trinajstić information content (AvgIpc) is 3.35. The molecule has 5 rings (SSSR count). The zero-order valence-corrected chi connectivity index (χ0v) is 21.6. The first kappa shape index (κ1) is 24.4. The summed E-state index contributed by atoms with van der Waals surface area (Å²) in [5.74, 6) is 1.36. The summed E-state index contributed by atoms with van der Waals surface area (Å²) in [5.41, 5.74) is 6.20. The fourth-order valence-corrected chi connectivity index (χ4v) is 4.90. The highest BCUT2D eigenvalue weighted by atomic mass is 16.5. The van der Waals surface area contributed by atoms with E-state index in [-0.39, 0.29) is 18.1 Å². The number of aromatic amines is 1. The number of H-pyrrole nitrogens is 1. The van der Waals surface area contributed by atoms with E-state index in [2.05, 4.69) is 34.6 Å². The topological polar surface area (TPSA) is 79.5 Å². The molecule has 0 fully saturated rings. The predicted molar refractivity (Wildman–Crippen MR) is 147 cm³/mol.